The lowest BCUT2D eigenvalue weighted by molar-refractivity contribution is 0.249. The molecule has 2 amide bonds. The number of nitrogens with zero attached hydrogens (tertiary/aromatic N) is 1. The van der Waals surface area contributed by atoms with E-state index in [1.807, 2.05) is 6.07 Å². The normalized spacial score (nSPS) is 9.08. The van der Waals surface area contributed by atoms with Crippen LogP contribution in [0.2, 0.25) is 0 Å². The molecule has 0 spiro atoms. The number of carbonyl (C=O) groups is 1. The van der Waals surface area contributed by atoms with Gasteiger partial charge < -0.3 is 5.73 Å². The summed E-state index contributed by atoms with van der Waals surface area (Å²) in [7, 11) is 0. The molecular weight excluding hydrogens is 178 g/mol. The van der Waals surface area contributed by atoms with Crippen molar-refractivity contribution >= 4 is 23.5 Å². The highest BCUT2D eigenvalue weighted by Crippen LogP contribution is 2.11. The number of hydrogen-bond donors (Lipinski definition) is 2. The summed E-state index contributed by atoms with van der Waals surface area (Å²) < 4.78 is 1.03. The van der Waals surface area contributed by atoms with Crippen LogP contribution in [0.5, 0.6) is 0 Å². The summed E-state index contributed by atoms with van der Waals surface area (Å²) in [6.45, 7) is 0. The zero-order valence-electron chi connectivity index (χ0n) is 6.20. The van der Waals surface area contributed by atoms with Crippen molar-refractivity contribution in [3.05, 3.63) is 30.3 Å². The SMILES string of the molecule is NC(=O)NN(Cl)c1ccccc1. The molecule has 0 aliphatic heterocycles. The van der Waals surface area contributed by atoms with Crippen LogP contribution >= 0.6 is 11.8 Å². The molecule has 0 saturated heterocycles. The number of nitrogens with two attached hydrogens (primary N) is 1. The molecule has 4 nitrogen and oxygen atoms in total. The van der Waals surface area contributed by atoms with Crippen LogP contribution in [0.3, 0.4) is 0 Å². The lowest BCUT2D eigenvalue weighted by Gasteiger charge is -2.14. The zero-order chi connectivity index (χ0) is 8.97. The van der Waals surface area contributed by atoms with Crippen LogP contribution in [0.15, 0.2) is 30.3 Å². The Bertz CT molecular complexity index is 265. The van der Waals surface area contributed by atoms with Crippen LogP contribution in [0, 0.1) is 0 Å². The Morgan fingerprint density at radius 2 is 2.00 bits per heavy atom. The number of hydrazine groups is 1. The van der Waals surface area contributed by atoms with Gasteiger partial charge in [0.1, 0.15) is 0 Å². The molecule has 0 saturated carbocycles. The van der Waals surface area contributed by atoms with E-state index < -0.39 is 6.03 Å². The Morgan fingerprint density at radius 1 is 1.42 bits per heavy atom. The quantitative estimate of drug-likeness (QED) is 0.538. The first-order chi connectivity index (χ1) is 5.70. The van der Waals surface area contributed by atoms with Crippen LogP contribution in [0.4, 0.5) is 10.5 Å². The third-order valence-electron chi connectivity index (χ3n) is 1.19. The second kappa shape index (κ2) is 3.82. The molecule has 0 aromatic heterocycles. The van der Waals surface area contributed by atoms with Gasteiger partial charge >= 0.3 is 6.03 Å². The molecule has 1 rings (SSSR count). The van der Waals surface area contributed by atoms with Crippen LogP contribution in [-0.2, 0) is 0 Å². The first-order valence-corrected chi connectivity index (χ1v) is 3.61. The molecule has 64 valence electrons. The van der Waals surface area contributed by atoms with Crippen LogP contribution in [-0.4, -0.2) is 6.03 Å². The van der Waals surface area contributed by atoms with Crippen LogP contribution < -0.4 is 15.7 Å². The summed E-state index contributed by atoms with van der Waals surface area (Å²) in [4.78, 5) is 10.4. The van der Waals surface area contributed by atoms with E-state index in [2.05, 4.69) is 5.43 Å². The lowest BCUT2D eigenvalue weighted by atomic mass is 10.3. The first kappa shape index (κ1) is 8.67. The Balaban J connectivity index is 2.65. The maximum atomic E-state index is 10.4. The minimum Gasteiger partial charge on any atom is -0.350 e. The van der Waals surface area contributed by atoms with Gasteiger partial charge in [-0.25, -0.2) is 10.2 Å². The van der Waals surface area contributed by atoms with E-state index in [0.29, 0.717) is 5.69 Å². The number of para-hydroxylation sites is 1. The van der Waals surface area contributed by atoms with Gasteiger partial charge in [0.15, 0.2) is 0 Å². The van der Waals surface area contributed by atoms with Gasteiger partial charge in [0.05, 0.1) is 5.69 Å². The first-order valence-electron chi connectivity index (χ1n) is 3.27. The van der Waals surface area contributed by atoms with Crippen molar-refractivity contribution in [2.24, 2.45) is 5.73 Å². The van der Waals surface area contributed by atoms with Crippen molar-refractivity contribution in [3.8, 4) is 0 Å². The third kappa shape index (κ3) is 2.32. The fourth-order valence-electron chi connectivity index (χ4n) is 0.720. The van der Waals surface area contributed by atoms with E-state index in [4.69, 9.17) is 17.5 Å². The average molecular weight is 186 g/mol. The molecule has 1 aromatic rings. The Morgan fingerprint density at radius 3 is 2.50 bits per heavy atom. The third-order valence-corrected chi connectivity index (χ3v) is 1.47. The second-order valence-corrected chi connectivity index (χ2v) is 2.43. The number of halogens is 1. The number of amides is 2. The monoisotopic (exact) mass is 185 g/mol. The number of anilines is 1. The summed E-state index contributed by atoms with van der Waals surface area (Å²) in [5, 5.41) is 0. The van der Waals surface area contributed by atoms with E-state index in [0.717, 1.165) is 4.53 Å². The predicted octanol–water partition coefficient (Wildman–Crippen LogP) is 1.23. The molecule has 0 radical (unpaired) electrons. The molecule has 0 fully saturated rings. The summed E-state index contributed by atoms with van der Waals surface area (Å²) in [5.74, 6) is 0. The zero-order valence-corrected chi connectivity index (χ0v) is 6.95. The van der Waals surface area contributed by atoms with Crippen molar-refractivity contribution in [1.82, 2.24) is 5.43 Å². The van der Waals surface area contributed by atoms with Gasteiger partial charge in [-0.05, 0) is 12.1 Å². The van der Waals surface area contributed by atoms with Crippen molar-refractivity contribution < 1.29 is 4.79 Å². The molecule has 1 aromatic carbocycles. The molecule has 0 atom stereocenters. The highest BCUT2D eigenvalue weighted by atomic mass is 35.5. The predicted molar refractivity (Wildman–Crippen MR) is 47.5 cm³/mol. The van der Waals surface area contributed by atoms with Crippen LogP contribution in [0.1, 0.15) is 0 Å². The number of benzene rings is 1. The molecule has 5 heteroatoms. The smallest absolute Gasteiger partial charge is 0.332 e. The van der Waals surface area contributed by atoms with Crippen molar-refractivity contribution in [1.29, 1.82) is 0 Å². The number of carbonyl (C=O) groups excluding carboxylic acids is 1. The van der Waals surface area contributed by atoms with E-state index in [9.17, 15) is 4.79 Å². The molecule has 0 heterocycles. The van der Waals surface area contributed by atoms with Crippen molar-refractivity contribution in [2.45, 2.75) is 0 Å². The highest BCUT2D eigenvalue weighted by Gasteiger charge is 2.02. The molecular formula is C7H8ClN3O. The second-order valence-electron chi connectivity index (χ2n) is 2.09. The van der Waals surface area contributed by atoms with Gasteiger partial charge in [0.25, 0.3) is 0 Å². The topological polar surface area (TPSA) is 58.4 Å². The summed E-state index contributed by atoms with van der Waals surface area (Å²) >= 11 is 5.62. The molecule has 0 aliphatic rings. The minimum absolute atomic E-state index is 0.651. The van der Waals surface area contributed by atoms with E-state index >= 15 is 0 Å². The number of urea groups is 1. The lowest BCUT2D eigenvalue weighted by Crippen LogP contribution is -2.39. The number of rotatable bonds is 2. The van der Waals surface area contributed by atoms with E-state index in [1.54, 1.807) is 24.3 Å². The van der Waals surface area contributed by atoms with Gasteiger partial charge in [-0.1, -0.05) is 18.2 Å². The van der Waals surface area contributed by atoms with Gasteiger partial charge in [0.2, 0.25) is 0 Å². The van der Waals surface area contributed by atoms with Crippen molar-refractivity contribution in [3.63, 3.8) is 0 Å². The van der Waals surface area contributed by atoms with E-state index in [-0.39, 0.29) is 0 Å². The van der Waals surface area contributed by atoms with Gasteiger partial charge in [0, 0.05) is 11.8 Å². The summed E-state index contributed by atoms with van der Waals surface area (Å²) in [5.41, 5.74) is 7.70. The average Bonchev–Trinajstić information content (AvgIpc) is 2.05. The minimum atomic E-state index is -0.700. The molecule has 0 unspecified atom stereocenters. The standard InChI is InChI=1S/C7H8ClN3O/c8-11(10-7(9)12)6-4-2-1-3-5-6/h1-5H,(H3,9,10,12). The number of hydrogen-bond acceptors (Lipinski definition) is 2. The van der Waals surface area contributed by atoms with Crippen LogP contribution in [0.25, 0.3) is 0 Å². The fraction of sp³-hybridized carbons (Fsp3) is 0. The Labute approximate surface area is 75.0 Å². The molecule has 12 heavy (non-hydrogen) atoms. The highest BCUT2D eigenvalue weighted by molar-refractivity contribution is 6.25. The van der Waals surface area contributed by atoms with Gasteiger partial charge in [-0.15, -0.1) is 0 Å². The van der Waals surface area contributed by atoms with Gasteiger partial charge in [-0.3, -0.25) is 0 Å². The Kier molecular flexibility index (Phi) is 2.76. The fourth-order valence-corrected chi connectivity index (χ4v) is 0.916. The van der Waals surface area contributed by atoms with E-state index in [1.165, 1.54) is 0 Å². The molecule has 0 aliphatic carbocycles. The Hall–Kier alpha value is -1.42. The maximum Gasteiger partial charge on any atom is 0.332 e. The molecule has 0 bridgehead atoms. The largest absolute Gasteiger partial charge is 0.350 e. The summed E-state index contributed by atoms with van der Waals surface area (Å²) in [6.07, 6.45) is 0. The van der Waals surface area contributed by atoms with Crippen molar-refractivity contribution in [2.75, 3.05) is 4.53 Å². The van der Waals surface area contributed by atoms with Gasteiger partial charge in [-0.2, -0.15) is 4.53 Å². The molecule has 3 N–H and O–H groups in total. The number of primary amides is 1. The summed E-state index contributed by atoms with van der Waals surface area (Å²) in [6, 6.07) is 8.22. The number of nitrogens with one attached hydrogen (secondary N) is 1. The maximum absolute atomic E-state index is 10.4.